The van der Waals surface area contributed by atoms with Crippen LogP contribution in [0.2, 0.25) is 0 Å². The highest BCUT2D eigenvalue weighted by molar-refractivity contribution is 5.73. The molecule has 1 aliphatic rings. The number of hydrogen-bond acceptors (Lipinski definition) is 4. The van der Waals surface area contributed by atoms with Crippen LogP contribution in [-0.2, 0) is 19.0 Å². The molecule has 1 heterocycles. The zero-order valence-electron chi connectivity index (χ0n) is 7.86. The van der Waals surface area contributed by atoms with E-state index in [1.165, 1.54) is 7.11 Å². The van der Waals surface area contributed by atoms with Gasteiger partial charge in [0.15, 0.2) is 12.4 Å². The minimum absolute atomic E-state index is 0.387. The second-order valence-electron chi connectivity index (χ2n) is 2.76. The Kier molecular flexibility index (Phi) is 3.92. The van der Waals surface area contributed by atoms with Crippen molar-refractivity contribution in [3.63, 3.8) is 0 Å². The zero-order chi connectivity index (χ0) is 9.68. The summed E-state index contributed by atoms with van der Waals surface area (Å²) in [6.07, 6.45) is 3.66. The molecule has 0 unspecified atom stereocenters. The lowest BCUT2D eigenvalue weighted by molar-refractivity contribution is -0.177. The van der Waals surface area contributed by atoms with E-state index < -0.39 is 12.4 Å². The van der Waals surface area contributed by atoms with Crippen molar-refractivity contribution in [2.75, 3.05) is 13.7 Å². The van der Waals surface area contributed by atoms with Crippen LogP contribution >= 0.6 is 0 Å². The lowest BCUT2D eigenvalue weighted by Crippen LogP contribution is -2.29. The molecule has 13 heavy (non-hydrogen) atoms. The Balaban J connectivity index is 2.34. The first kappa shape index (κ1) is 10.2. The number of carbonyl (C=O) groups is 1. The van der Waals surface area contributed by atoms with E-state index in [4.69, 9.17) is 9.47 Å². The average Bonchev–Trinajstić information content (AvgIpc) is 2.18. The summed E-state index contributed by atoms with van der Waals surface area (Å²) in [6, 6.07) is 0. The molecule has 0 spiro atoms. The molecule has 0 aliphatic carbocycles. The van der Waals surface area contributed by atoms with Crippen molar-refractivity contribution >= 4 is 5.97 Å². The first-order chi connectivity index (χ1) is 6.24. The molecule has 0 aromatic heterocycles. The molecule has 4 heteroatoms. The maximum atomic E-state index is 11.0. The molecule has 0 radical (unpaired) electrons. The smallest absolute Gasteiger partial charge is 0.334 e. The van der Waals surface area contributed by atoms with Gasteiger partial charge in [0, 0.05) is 0 Å². The Labute approximate surface area is 77.5 Å². The minimum atomic E-state index is -0.585. The lowest BCUT2D eigenvalue weighted by Gasteiger charge is -2.20. The highest BCUT2D eigenvalue weighted by Crippen LogP contribution is 2.08. The molecule has 0 aromatic carbocycles. The highest BCUT2D eigenvalue weighted by atomic mass is 16.7. The van der Waals surface area contributed by atoms with Gasteiger partial charge in [-0.05, 0) is 19.4 Å². The van der Waals surface area contributed by atoms with Crippen molar-refractivity contribution in [2.24, 2.45) is 0 Å². The quantitative estimate of drug-likeness (QED) is 0.484. The van der Waals surface area contributed by atoms with Crippen molar-refractivity contribution in [2.45, 2.75) is 25.7 Å². The first-order valence-electron chi connectivity index (χ1n) is 4.25. The fourth-order valence-corrected chi connectivity index (χ4v) is 1.02. The van der Waals surface area contributed by atoms with Gasteiger partial charge in [-0.25, -0.2) is 4.79 Å². The molecule has 74 valence electrons. The molecule has 0 saturated heterocycles. The predicted molar refractivity (Wildman–Crippen MR) is 46.1 cm³/mol. The molecule has 0 amide bonds. The van der Waals surface area contributed by atoms with Crippen molar-refractivity contribution in [3.8, 4) is 0 Å². The minimum Gasteiger partial charge on any atom is -0.467 e. The van der Waals surface area contributed by atoms with E-state index in [-0.39, 0.29) is 5.97 Å². The average molecular weight is 186 g/mol. The van der Waals surface area contributed by atoms with E-state index in [0.29, 0.717) is 6.61 Å². The molecule has 0 aromatic rings. The Hall–Kier alpha value is -0.870. The van der Waals surface area contributed by atoms with Gasteiger partial charge >= 0.3 is 5.97 Å². The van der Waals surface area contributed by atoms with Crippen LogP contribution in [0.25, 0.3) is 0 Å². The van der Waals surface area contributed by atoms with E-state index in [9.17, 15) is 4.79 Å². The summed E-state index contributed by atoms with van der Waals surface area (Å²) >= 11 is 0. The molecule has 0 fully saturated rings. The van der Waals surface area contributed by atoms with E-state index in [1.807, 2.05) is 6.08 Å². The van der Waals surface area contributed by atoms with Gasteiger partial charge in [0.2, 0.25) is 0 Å². The van der Waals surface area contributed by atoms with Crippen LogP contribution in [0, 0.1) is 0 Å². The fraction of sp³-hybridized carbons (Fsp3) is 0.667. The second kappa shape index (κ2) is 4.99. The number of carbonyl (C=O) groups excluding carboxylic acids is 1. The van der Waals surface area contributed by atoms with Gasteiger partial charge < -0.3 is 14.2 Å². The third kappa shape index (κ3) is 3.16. The highest BCUT2D eigenvalue weighted by Gasteiger charge is 2.19. The molecular formula is C9H14O4. The summed E-state index contributed by atoms with van der Waals surface area (Å²) in [7, 11) is 1.33. The van der Waals surface area contributed by atoms with Gasteiger partial charge in [0.1, 0.15) is 0 Å². The van der Waals surface area contributed by atoms with Crippen LogP contribution in [-0.4, -0.2) is 32.1 Å². The Morgan fingerprint density at radius 3 is 3.00 bits per heavy atom. The molecule has 0 bridgehead atoms. The lowest BCUT2D eigenvalue weighted by atomic mass is 10.3. The summed E-state index contributed by atoms with van der Waals surface area (Å²) in [6.45, 7) is 2.27. The number of ether oxygens (including phenoxy) is 3. The van der Waals surface area contributed by atoms with Crippen molar-refractivity contribution in [1.82, 2.24) is 0 Å². The van der Waals surface area contributed by atoms with E-state index in [2.05, 4.69) is 4.74 Å². The van der Waals surface area contributed by atoms with Gasteiger partial charge in [0.05, 0.1) is 13.7 Å². The van der Waals surface area contributed by atoms with Gasteiger partial charge in [-0.3, -0.25) is 0 Å². The summed E-state index contributed by atoms with van der Waals surface area (Å²) in [5.74, 6) is -0.387. The monoisotopic (exact) mass is 186 g/mol. The maximum Gasteiger partial charge on any atom is 0.334 e. The van der Waals surface area contributed by atoms with Crippen LogP contribution < -0.4 is 0 Å². The van der Waals surface area contributed by atoms with Crippen LogP contribution in [0.4, 0.5) is 0 Å². The van der Waals surface area contributed by atoms with Gasteiger partial charge in [-0.2, -0.15) is 0 Å². The topological polar surface area (TPSA) is 44.8 Å². The molecule has 0 N–H and O–H groups in total. The molecule has 1 aliphatic heterocycles. The van der Waals surface area contributed by atoms with Crippen LogP contribution in [0.1, 0.15) is 13.3 Å². The summed E-state index contributed by atoms with van der Waals surface area (Å²) in [5.41, 5.74) is 0. The number of hydrogen-bond donors (Lipinski definition) is 0. The fourth-order valence-electron chi connectivity index (χ4n) is 1.02. The maximum absolute atomic E-state index is 11.0. The molecule has 0 saturated carbocycles. The summed E-state index contributed by atoms with van der Waals surface area (Å²) < 4.78 is 15.0. The zero-order valence-corrected chi connectivity index (χ0v) is 7.86. The number of esters is 1. The van der Waals surface area contributed by atoms with E-state index in [0.717, 1.165) is 6.42 Å². The van der Waals surface area contributed by atoms with Gasteiger partial charge in [-0.15, -0.1) is 0 Å². The van der Waals surface area contributed by atoms with Crippen molar-refractivity contribution in [1.29, 1.82) is 0 Å². The van der Waals surface area contributed by atoms with Crippen LogP contribution in [0.3, 0.4) is 0 Å². The van der Waals surface area contributed by atoms with Crippen molar-refractivity contribution < 1.29 is 19.0 Å². The summed E-state index contributed by atoms with van der Waals surface area (Å²) in [4.78, 5) is 11.0. The molecule has 2 atom stereocenters. The molecule has 4 nitrogen and oxygen atoms in total. The standard InChI is InChI=1S/C9H14O4/c1-7(9(10)11-2)13-8-5-3-4-6-12-8/h3,5,7-8H,4,6H2,1-2H3/t7-,8-/m0/s1. The largest absolute Gasteiger partial charge is 0.467 e. The predicted octanol–water partition coefficient (Wildman–Crippen LogP) is 0.867. The SMILES string of the molecule is COC(=O)[C@H](C)O[C@H]1C=CCCO1. The van der Waals surface area contributed by atoms with Crippen LogP contribution in [0.15, 0.2) is 12.2 Å². The number of rotatable bonds is 3. The third-order valence-electron chi connectivity index (χ3n) is 1.73. The Morgan fingerprint density at radius 1 is 1.69 bits per heavy atom. The Bertz CT molecular complexity index is 200. The van der Waals surface area contributed by atoms with E-state index >= 15 is 0 Å². The molecule has 1 rings (SSSR count). The number of methoxy groups -OCH3 is 1. The third-order valence-corrected chi connectivity index (χ3v) is 1.73. The first-order valence-corrected chi connectivity index (χ1v) is 4.25. The summed E-state index contributed by atoms with van der Waals surface area (Å²) in [5, 5.41) is 0. The van der Waals surface area contributed by atoms with Crippen LogP contribution in [0.5, 0.6) is 0 Å². The second-order valence-corrected chi connectivity index (χ2v) is 2.76. The van der Waals surface area contributed by atoms with Crippen molar-refractivity contribution in [3.05, 3.63) is 12.2 Å². The van der Waals surface area contributed by atoms with Gasteiger partial charge in [-0.1, -0.05) is 6.08 Å². The molecular weight excluding hydrogens is 172 g/mol. The van der Waals surface area contributed by atoms with E-state index in [1.54, 1.807) is 13.0 Å². The Morgan fingerprint density at radius 2 is 2.46 bits per heavy atom. The normalized spacial score (nSPS) is 24.0. The van der Waals surface area contributed by atoms with Gasteiger partial charge in [0.25, 0.3) is 0 Å².